The van der Waals surface area contributed by atoms with E-state index in [0.717, 1.165) is 36.2 Å². The second-order valence-electron chi connectivity index (χ2n) is 6.61. The summed E-state index contributed by atoms with van der Waals surface area (Å²) in [6, 6.07) is 8.62. The average molecular weight is 394 g/mol. The maximum Gasteiger partial charge on any atom is 0.127 e. The first-order chi connectivity index (χ1) is 11.6. The monoisotopic (exact) mass is 393 g/mol. The fraction of sp³-hybridized carbons (Fsp3) is 0.389. The summed E-state index contributed by atoms with van der Waals surface area (Å²) in [5.41, 5.74) is 1.51. The Kier molecular flexibility index (Phi) is 4.37. The number of benzene rings is 1. The van der Waals surface area contributed by atoms with Gasteiger partial charge >= 0.3 is 0 Å². The van der Waals surface area contributed by atoms with Gasteiger partial charge in [-0.2, -0.15) is 0 Å². The van der Waals surface area contributed by atoms with Crippen LogP contribution in [0.15, 0.2) is 41.0 Å². The smallest absolute Gasteiger partial charge is 0.127 e. The van der Waals surface area contributed by atoms with Crippen LogP contribution in [-0.2, 0) is 13.1 Å². The van der Waals surface area contributed by atoms with Gasteiger partial charge in [-0.1, -0.05) is 0 Å². The SMILES string of the molecule is Fc1ccc(F)c(CN2CC3CC2CN3Cc2ccc(Br)cn2)c1. The molecule has 6 heteroatoms. The first-order valence-electron chi connectivity index (χ1n) is 8.11. The van der Waals surface area contributed by atoms with Crippen molar-refractivity contribution in [3.8, 4) is 0 Å². The molecular weight excluding hydrogens is 376 g/mol. The highest BCUT2D eigenvalue weighted by atomic mass is 79.9. The van der Waals surface area contributed by atoms with E-state index in [4.69, 9.17) is 0 Å². The summed E-state index contributed by atoms with van der Waals surface area (Å²) >= 11 is 3.40. The van der Waals surface area contributed by atoms with Crippen LogP contribution in [0.25, 0.3) is 0 Å². The number of rotatable bonds is 4. The Morgan fingerprint density at radius 1 is 1.04 bits per heavy atom. The fourth-order valence-corrected chi connectivity index (χ4v) is 4.04. The number of fused-ring (bicyclic) bond motifs is 2. The van der Waals surface area contributed by atoms with Crippen LogP contribution in [0.4, 0.5) is 8.78 Å². The zero-order chi connectivity index (χ0) is 16.7. The third kappa shape index (κ3) is 3.23. The van der Waals surface area contributed by atoms with Crippen molar-refractivity contribution in [1.29, 1.82) is 0 Å². The highest BCUT2D eigenvalue weighted by molar-refractivity contribution is 9.10. The molecule has 2 aliphatic rings. The molecule has 0 aliphatic carbocycles. The van der Waals surface area contributed by atoms with E-state index < -0.39 is 0 Å². The molecule has 4 rings (SSSR count). The standard InChI is InChI=1S/C18H18BrF2N3/c19-13-1-3-15(22-7-13)9-24-11-16-6-17(24)10-23(16)8-12-5-14(20)2-4-18(12)21/h1-5,7,16-17H,6,8-11H2. The lowest BCUT2D eigenvalue weighted by atomic mass is 10.1. The molecule has 2 aromatic rings. The lowest BCUT2D eigenvalue weighted by molar-refractivity contribution is 0.116. The highest BCUT2D eigenvalue weighted by Gasteiger charge is 2.43. The summed E-state index contributed by atoms with van der Waals surface area (Å²) in [5.74, 6) is -0.700. The minimum atomic E-state index is -0.376. The lowest BCUT2D eigenvalue weighted by Gasteiger charge is -2.34. The van der Waals surface area contributed by atoms with E-state index in [2.05, 4.69) is 30.7 Å². The van der Waals surface area contributed by atoms with Gasteiger partial charge in [0, 0.05) is 54.5 Å². The quantitative estimate of drug-likeness (QED) is 0.791. The molecule has 126 valence electrons. The van der Waals surface area contributed by atoms with Gasteiger partial charge in [0.05, 0.1) is 5.69 Å². The lowest BCUT2D eigenvalue weighted by Crippen LogP contribution is -2.45. The van der Waals surface area contributed by atoms with Crippen LogP contribution < -0.4 is 0 Å². The first kappa shape index (κ1) is 16.1. The van der Waals surface area contributed by atoms with E-state index in [1.807, 2.05) is 18.3 Å². The Balaban J connectivity index is 1.39. The Hall–Kier alpha value is -1.37. The highest BCUT2D eigenvalue weighted by Crippen LogP contribution is 2.33. The van der Waals surface area contributed by atoms with Gasteiger partial charge in [-0.25, -0.2) is 8.78 Å². The maximum absolute atomic E-state index is 13.8. The summed E-state index contributed by atoms with van der Waals surface area (Å²) in [6.45, 7) is 3.18. The number of aromatic nitrogens is 1. The molecule has 0 N–H and O–H groups in total. The van der Waals surface area contributed by atoms with Crippen molar-refractivity contribution in [3.63, 3.8) is 0 Å². The molecule has 0 spiro atoms. The molecule has 2 saturated heterocycles. The van der Waals surface area contributed by atoms with E-state index in [0.29, 0.717) is 24.2 Å². The van der Waals surface area contributed by atoms with Gasteiger partial charge in [-0.15, -0.1) is 0 Å². The van der Waals surface area contributed by atoms with Crippen LogP contribution in [0.5, 0.6) is 0 Å². The minimum Gasteiger partial charge on any atom is -0.293 e. The van der Waals surface area contributed by atoms with E-state index in [1.54, 1.807) is 0 Å². The van der Waals surface area contributed by atoms with Gasteiger partial charge in [0.2, 0.25) is 0 Å². The van der Waals surface area contributed by atoms with Crippen LogP contribution in [0, 0.1) is 11.6 Å². The van der Waals surface area contributed by atoms with Crippen LogP contribution >= 0.6 is 15.9 Å². The Morgan fingerprint density at radius 2 is 1.79 bits per heavy atom. The van der Waals surface area contributed by atoms with Crippen molar-refractivity contribution >= 4 is 15.9 Å². The van der Waals surface area contributed by atoms with Crippen molar-refractivity contribution in [2.45, 2.75) is 31.6 Å². The van der Waals surface area contributed by atoms with Gasteiger partial charge in [0.1, 0.15) is 11.6 Å². The number of hydrogen-bond donors (Lipinski definition) is 0. The molecule has 2 bridgehead atoms. The van der Waals surface area contributed by atoms with E-state index in [1.165, 1.54) is 18.2 Å². The van der Waals surface area contributed by atoms with E-state index >= 15 is 0 Å². The Morgan fingerprint density at radius 3 is 2.46 bits per heavy atom. The molecular formula is C18H18BrF2N3. The Bertz CT molecular complexity index is 738. The van der Waals surface area contributed by atoms with Crippen LogP contribution in [0.1, 0.15) is 17.7 Å². The second kappa shape index (κ2) is 6.50. The van der Waals surface area contributed by atoms with E-state index in [-0.39, 0.29) is 11.6 Å². The van der Waals surface area contributed by atoms with Crippen molar-refractivity contribution in [1.82, 2.24) is 14.8 Å². The second-order valence-corrected chi connectivity index (χ2v) is 7.52. The summed E-state index contributed by atoms with van der Waals surface area (Å²) in [6.07, 6.45) is 2.91. The fourth-order valence-electron chi connectivity index (χ4n) is 3.81. The zero-order valence-electron chi connectivity index (χ0n) is 13.1. The number of nitrogens with zero attached hydrogens (tertiary/aromatic N) is 3. The Labute approximate surface area is 148 Å². The third-order valence-electron chi connectivity index (χ3n) is 5.00. The van der Waals surface area contributed by atoms with Gasteiger partial charge in [0.15, 0.2) is 0 Å². The van der Waals surface area contributed by atoms with Crippen molar-refractivity contribution in [3.05, 3.63) is 63.9 Å². The number of likely N-dealkylation sites (tertiary alicyclic amines) is 2. The molecule has 1 aromatic heterocycles. The third-order valence-corrected chi connectivity index (χ3v) is 5.47. The van der Waals surface area contributed by atoms with Crippen LogP contribution in [0.3, 0.4) is 0 Å². The normalized spacial score (nSPS) is 24.0. The maximum atomic E-state index is 13.8. The van der Waals surface area contributed by atoms with Gasteiger partial charge in [-0.3, -0.25) is 14.8 Å². The molecule has 24 heavy (non-hydrogen) atoms. The molecule has 3 nitrogen and oxygen atoms in total. The molecule has 2 unspecified atom stereocenters. The van der Waals surface area contributed by atoms with Crippen molar-refractivity contribution in [2.75, 3.05) is 13.1 Å². The number of pyridine rings is 1. The number of hydrogen-bond acceptors (Lipinski definition) is 3. The molecule has 2 aliphatic heterocycles. The van der Waals surface area contributed by atoms with E-state index in [9.17, 15) is 8.78 Å². The first-order valence-corrected chi connectivity index (χ1v) is 8.90. The molecule has 2 atom stereocenters. The van der Waals surface area contributed by atoms with Gasteiger partial charge in [-0.05, 0) is 52.7 Å². The van der Waals surface area contributed by atoms with Crippen LogP contribution in [-0.4, -0.2) is 40.0 Å². The molecule has 1 aromatic carbocycles. The summed E-state index contributed by atoms with van der Waals surface area (Å²) < 4.78 is 28.2. The van der Waals surface area contributed by atoms with Crippen molar-refractivity contribution in [2.24, 2.45) is 0 Å². The predicted molar refractivity (Wildman–Crippen MR) is 91.3 cm³/mol. The number of halogens is 3. The molecule has 2 fully saturated rings. The molecule has 0 amide bonds. The minimum absolute atomic E-state index is 0.324. The average Bonchev–Trinajstić information content (AvgIpc) is 3.13. The molecule has 0 saturated carbocycles. The van der Waals surface area contributed by atoms with Crippen LogP contribution in [0.2, 0.25) is 0 Å². The summed E-state index contributed by atoms with van der Waals surface area (Å²) in [5, 5.41) is 0. The largest absolute Gasteiger partial charge is 0.293 e. The van der Waals surface area contributed by atoms with Gasteiger partial charge < -0.3 is 0 Å². The van der Waals surface area contributed by atoms with Gasteiger partial charge in [0.25, 0.3) is 0 Å². The number of piperazine rings is 1. The van der Waals surface area contributed by atoms with Crippen molar-refractivity contribution < 1.29 is 8.78 Å². The summed E-state index contributed by atoms with van der Waals surface area (Å²) in [7, 11) is 0. The topological polar surface area (TPSA) is 19.4 Å². The predicted octanol–water partition coefficient (Wildman–Crippen LogP) is 3.58. The molecule has 0 radical (unpaired) electrons. The zero-order valence-corrected chi connectivity index (χ0v) is 14.7. The molecule has 3 heterocycles. The summed E-state index contributed by atoms with van der Waals surface area (Å²) in [4.78, 5) is 9.16.